The standard InChI is InChI=1S/C14H21FN2O/c1-3-4-5-13(16)14(18)17(2)10-11-6-8-12(15)9-7-11/h6-9,13H,3-5,10,16H2,1-2H3/t13-/m0/s1. The van der Waals surface area contributed by atoms with E-state index >= 15 is 0 Å². The second kappa shape index (κ2) is 7.11. The molecule has 0 aliphatic heterocycles. The van der Waals surface area contributed by atoms with Gasteiger partial charge in [0.25, 0.3) is 0 Å². The number of carbonyl (C=O) groups excluding carboxylic acids is 1. The maximum atomic E-state index is 12.7. The molecular weight excluding hydrogens is 231 g/mol. The molecule has 0 heterocycles. The third-order valence-electron chi connectivity index (χ3n) is 2.90. The van der Waals surface area contributed by atoms with E-state index < -0.39 is 6.04 Å². The lowest BCUT2D eigenvalue weighted by molar-refractivity contribution is -0.132. The molecule has 1 rings (SSSR count). The highest BCUT2D eigenvalue weighted by Crippen LogP contribution is 2.08. The van der Waals surface area contributed by atoms with Crippen LogP contribution >= 0.6 is 0 Å². The number of hydrogen-bond acceptors (Lipinski definition) is 2. The fraction of sp³-hybridized carbons (Fsp3) is 0.500. The quantitative estimate of drug-likeness (QED) is 0.844. The van der Waals surface area contributed by atoms with Crippen molar-refractivity contribution in [2.45, 2.75) is 38.8 Å². The monoisotopic (exact) mass is 252 g/mol. The van der Waals surface area contributed by atoms with Crippen LogP contribution in [0.3, 0.4) is 0 Å². The van der Waals surface area contributed by atoms with Crippen LogP contribution in [0, 0.1) is 5.82 Å². The highest BCUT2D eigenvalue weighted by Gasteiger charge is 2.17. The van der Waals surface area contributed by atoms with Crippen LogP contribution in [0.5, 0.6) is 0 Å². The Morgan fingerprint density at radius 2 is 2.00 bits per heavy atom. The fourth-order valence-electron chi connectivity index (χ4n) is 1.77. The lowest BCUT2D eigenvalue weighted by atomic mass is 10.1. The average molecular weight is 252 g/mol. The van der Waals surface area contributed by atoms with Gasteiger partial charge in [0.2, 0.25) is 5.91 Å². The van der Waals surface area contributed by atoms with Gasteiger partial charge in [-0.25, -0.2) is 4.39 Å². The van der Waals surface area contributed by atoms with Crippen molar-refractivity contribution in [3.63, 3.8) is 0 Å². The van der Waals surface area contributed by atoms with E-state index in [1.807, 2.05) is 0 Å². The van der Waals surface area contributed by atoms with Crippen molar-refractivity contribution in [2.24, 2.45) is 5.73 Å². The zero-order chi connectivity index (χ0) is 13.5. The number of likely N-dealkylation sites (N-methyl/N-ethyl adjacent to an activating group) is 1. The zero-order valence-corrected chi connectivity index (χ0v) is 11.0. The van der Waals surface area contributed by atoms with Crippen molar-refractivity contribution in [1.82, 2.24) is 4.90 Å². The molecule has 0 aromatic heterocycles. The lowest BCUT2D eigenvalue weighted by Crippen LogP contribution is -2.41. The molecule has 0 spiro atoms. The predicted molar refractivity (Wildman–Crippen MR) is 70.4 cm³/mol. The first kappa shape index (κ1) is 14.6. The molecule has 0 unspecified atom stereocenters. The molecule has 1 aromatic carbocycles. The molecule has 2 N–H and O–H groups in total. The van der Waals surface area contributed by atoms with Gasteiger partial charge in [0.1, 0.15) is 5.82 Å². The van der Waals surface area contributed by atoms with Crippen molar-refractivity contribution in [2.75, 3.05) is 7.05 Å². The molecular formula is C14H21FN2O. The molecule has 0 saturated heterocycles. The fourth-order valence-corrected chi connectivity index (χ4v) is 1.77. The summed E-state index contributed by atoms with van der Waals surface area (Å²) >= 11 is 0. The Bertz CT molecular complexity index is 378. The van der Waals surface area contributed by atoms with Gasteiger partial charge in [-0.3, -0.25) is 4.79 Å². The Kier molecular flexibility index (Phi) is 5.78. The number of nitrogens with zero attached hydrogens (tertiary/aromatic N) is 1. The van der Waals surface area contributed by atoms with E-state index in [9.17, 15) is 9.18 Å². The molecule has 0 bridgehead atoms. The number of unbranched alkanes of at least 4 members (excludes halogenated alkanes) is 1. The zero-order valence-electron chi connectivity index (χ0n) is 11.0. The highest BCUT2D eigenvalue weighted by atomic mass is 19.1. The van der Waals surface area contributed by atoms with E-state index in [0.717, 1.165) is 18.4 Å². The number of halogens is 1. The summed E-state index contributed by atoms with van der Waals surface area (Å²) in [4.78, 5) is 13.5. The van der Waals surface area contributed by atoms with Crippen molar-refractivity contribution >= 4 is 5.91 Å². The van der Waals surface area contributed by atoms with Crippen LogP contribution in [0.4, 0.5) is 4.39 Å². The molecule has 100 valence electrons. The van der Waals surface area contributed by atoms with E-state index in [4.69, 9.17) is 5.73 Å². The Balaban J connectivity index is 2.51. The molecule has 0 aliphatic rings. The van der Waals surface area contributed by atoms with Crippen LogP contribution in [0.15, 0.2) is 24.3 Å². The van der Waals surface area contributed by atoms with E-state index in [1.165, 1.54) is 12.1 Å². The van der Waals surface area contributed by atoms with Crippen molar-refractivity contribution in [3.05, 3.63) is 35.6 Å². The normalized spacial score (nSPS) is 12.2. The Labute approximate surface area is 108 Å². The van der Waals surface area contributed by atoms with E-state index in [-0.39, 0.29) is 11.7 Å². The van der Waals surface area contributed by atoms with Crippen molar-refractivity contribution in [1.29, 1.82) is 0 Å². The van der Waals surface area contributed by atoms with Gasteiger partial charge in [0.15, 0.2) is 0 Å². The van der Waals surface area contributed by atoms with Gasteiger partial charge in [0, 0.05) is 13.6 Å². The molecule has 0 fully saturated rings. The largest absolute Gasteiger partial charge is 0.340 e. The lowest BCUT2D eigenvalue weighted by Gasteiger charge is -2.21. The molecule has 4 heteroatoms. The molecule has 1 atom stereocenters. The Hall–Kier alpha value is -1.42. The smallest absolute Gasteiger partial charge is 0.239 e. The van der Waals surface area contributed by atoms with Gasteiger partial charge in [-0.2, -0.15) is 0 Å². The summed E-state index contributed by atoms with van der Waals surface area (Å²) < 4.78 is 12.7. The summed E-state index contributed by atoms with van der Waals surface area (Å²) in [6.45, 7) is 2.53. The number of nitrogens with two attached hydrogens (primary N) is 1. The first-order valence-electron chi connectivity index (χ1n) is 6.29. The van der Waals surface area contributed by atoms with Gasteiger partial charge >= 0.3 is 0 Å². The summed E-state index contributed by atoms with van der Waals surface area (Å²) in [7, 11) is 1.72. The number of carbonyl (C=O) groups is 1. The maximum absolute atomic E-state index is 12.7. The third kappa shape index (κ3) is 4.45. The van der Waals surface area contributed by atoms with Gasteiger partial charge < -0.3 is 10.6 Å². The number of benzene rings is 1. The second-order valence-corrected chi connectivity index (χ2v) is 4.57. The van der Waals surface area contributed by atoms with Crippen molar-refractivity contribution < 1.29 is 9.18 Å². The molecule has 0 saturated carbocycles. The molecule has 0 radical (unpaired) electrons. The topological polar surface area (TPSA) is 46.3 Å². The summed E-state index contributed by atoms with van der Waals surface area (Å²) in [5.41, 5.74) is 6.73. The van der Waals surface area contributed by atoms with Crippen LogP contribution in [-0.2, 0) is 11.3 Å². The van der Waals surface area contributed by atoms with Crippen LogP contribution in [0.2, 0.25) is 0 Å². The number of hydrogen-bond donors (Lipinski definition) is 1. The maximum Gasteiger partial charge on any atom is 0.239 e. The second-order valence-electron chi connectivity index (χ2n) is 4.57. The molecule has 1 amide bonds. The van der Waals surface area contributed by atoms with Gasteiger partial charge in [-0.15, -0.1) is 0 Å². The highest BCUT2D eigenvalue weighted by molar-refractivity contribution is 5.81. The first-order chi connectivity index (χ1) is 8.54. The van der Waals surface area contributed by atoms with E-state index in [1.54, 1.807) is 24.1 Å². The van der Waals surface area contributed by atoms with Crippen LogP contribution in [-0.4, -0.2) is 23.9 Å². The van der Waals surface area contributed by atoms with Gasteiger partial charge in [0.05, 0.1) is 6.04 Å². The Morgan fingerprint density at radius 3 is 2.56 bits per heavy atom. The van der Waals surface area contributed by atoms with Crippen LogP contribution in [0.25, 0.3) is 0 Å². The Morgan fingerprint density at radius 1 is 1.39 bits per heavy atom. The van der Waals surface area contributed by atoms with E-state index in [0.29, 0.717) is 13.0 Å². The number of rotatable bonds is 6. The van der Waals surface area contributed by atoms with Crippen LogP contribution < -0.4 is 5.73 Å². The number of amides is 1. The van der Waals surface area contributed by atoms with Crippen LogP contribution in [0.1, 0.15) is 31.7 Å². The summed E-state index contributed by atoms with van der Waals surface area (Å²) in [6.07, 6.45) is 2.70. The van der Waals surface area contributed by atoms with Gasteiger partial charge in [-0.1, -0.05) is 31.9 Å². The summed E-state index contributed by atoms with van der Waals surface area (Å²) in [5, 5.41) is 0. The van der Waals surface area contributed by atoms with Crippen molar-refractivity contribution in [3.8, 4) is 0 Å². The van der Waals surface area contributed by atoms with Gasteiger partial charge in [-0.05, 0) is 24.1 Å². The minimum absolute atomic E-state index is 0.0622. The molecule has 18 heavy (non-hydrogen) atoms. The molecule has 1 aromatic rings. The molecule has 0 aliphatic carbocycles. The SMILES string of the molecule is CCCC[C@H](N)C(=O)N(C)Cc1ccc(F)cc1. The summed E-state index contributed by atoms with van der Waals surface area (Å²) in [5.74, 6) is -0.333. The summed E-state index contributed by atoms with van der Waals surface area (Å²) in [6, 6.07) is 5.71. The first-order valence-corrected chi connectivity index (χ1v) is 6.29. The average Bonchev–Trinajstić information content (AvgIpc) is 2.37. The minimum Gasteiger partial charge on any atom is -0.340 e. The molecule has 3 nitrogen and oxygen atoms in total. The van der Waals surface area contributed by atoms with E-state index in [2.05, 4.69) is 6.92 Å². The predicted octanol–water partition coefficient (Wildman–Crippen LogP) is 2.30. The minimum atomic E-state index is -0.435. The third-order valence-corrected chi connectivity index (χ3v) is 2.90.